The summed E-state index contributed by atoms with van der Waals surface area (Å²) in [5.41, 5.74) is 13.8. The van der Waals surface area contributed by atoms with Crippen LogP contribution in [0.3, 0.4) is 0 Å². The molecule has 0 bridgehead atoms. The highest BCUT2D eigenvalue weighted by atomic mass is 16.5. The number of anilines is 2. The summed E-state index contributed by atoms with van der Waals surface area (Å²) in [6.45, 7) is 1.71. The first-order valence-corrected chi connectivity index (χ1v) is 7.52. The molecule has 0 spiro atoms. The van der Waals surface area contributed by atoms with Crippen LogP contribution in [0.5, 0.6) is 0 Å². The first-order valence-electron chi connectivity index (χ1n) is 7.52. The Balaban J connectivity index is 2.34. The second kappa shape index (κ2) is 6.20. The number of hydrogen-bond acceptors (Lipinski definition) is 8. The van der Waals surface area contributed by atoms with Crippen molar-refractivity contribution < 1.29 is 9.53 Å². The lowest BCUT2D eigenvalue weighted by Crippen LogP contribution is -2.34. The third-order valence-electron chi connectivity index (χ3n) is 4.22. The number of esters is 1. The van der Waals surface area contributed by atoms with Crippen molar-refractivity contribution in [2.24, 2.45) is 10.9 Å². The number of aliphatic imine (C=N–C) groups is 1. The molecular formula is C17H16N6O2. The van der Waals surface area contributed by atoms with Crippen LogP contribution in [0.1, 0.15) is 29.5 Å². The van der Waals surface area contributed by atoms with Crippen molar-refractivity contribution in [1.82, 2.24) is 9.97 Å². The summed E-state index contributed by atoms with van der Waals surface area (Å²) in [5, 5.41) is 9.48. The molecule has 2 heterocycles. The standard InChI is InChI=1S/C17H16N6O2/c1-8-11(16(24)25-2)12(10-6-4-3-5-9(10)7-18)13-14(19)22-17(20)23-15(13)21-8/h3-6,11-12H,1-2H3,(H4,19,20,22,23). The van der Waals surface area contributed by atoms with Crippen LogP contribution in [0.4, 0.5) is 17.6 Å². The maximum atomic E-state index is 12.5. The van der Waals surface area contributed by atoms with Gasteiger partial charge in [-0.2, -0.15) is 15.2 Å². The van der Waals surface area contributed by atoms with Gasteiger partial charge in [-0.15, -0.1) is 0 Å². The number of carbonyl (C=O) groups excluding carboxylic acids is 1. The zero-order valence-electron chi connectivity index (χ0n) is 13.7. The molecule has 0 radical (unpaired) electrons. The number of ether oxygens (including phenoxy) is 1. The van der Waals surface area contributed by atoms with Gasteiger partial charge in [-0.3, -0.25) is 4.79 Å². The van der Waals surface area contributed by atoms with Crippen molar-refractivity contribution in [2.45, 2.75) is 12.8 Å². The molecule has 0 amide bonds. The number of nitrogen functional groups attached to an aromatic ring is 2. The summed E-state index contributed by atoms with van der Waals surface area (Å²) < 4.78 is 4.95. The number of fused-ring (bicyclic) bond motifs is 1. The van der Waals surface area contributed by atoms with Gasteiger partial charge in [0.25, 0.3) is 0 Å². The van der Waals surface area contributed by atoms with E-state index in [1.165, 1.54) is 7.11 Å². The smallest absolute Gasteiger partial charge is 0.315 e. The Labute approximate surface area is 144 Å². The third kappa shape index (κ3) is 2.65. The molecule has 2 unspecified atom stereocenters. The van der Waals surface area contributed by atoms with Crippen LogP contribution >= 0.6 is 0 Å². The van der Waals surface area contributed by atoms with Gasteiger partial charge in [-0.1, -0.05) is 18.2 Å². The minimum Gasteiger partial charge on any atom is -0.468 e. The van der Waals surface area contributed by atoms with Crippen LogP contribution in [0.15, 0.2) is 29.3 Å². The fraction of sp³-hybridized carbons (Fsp3) is 0.235. The molecule has 2 atom stereocenters. The van der Waals surface area contributed by atoms with E-state index in [9.17, 15) is 10.1 Å². The molecule has 126 valence electrons. The topological polar surface area (TPSA) is 140 Å². The number of carbonyl (C=O) groups is 1. The van der Waals surface area contributed by atoms with Crippen LogP contribution < -0.4 is 11.5 Å². The SMILES string of the molecule is COC(=O)C1C(C)=Nc2nc(N)nc(N)c2C1c1ccccc1C#N. The second-order valence-electron chi connectivity index (χ2n) is 5.64. The number of methoxy groups -OCH3 is 1. The van der Waals surface area contributed by atoms with E-state index in [1.54, 1.807) is 31.2 Å². The van der Waals surface area contributed by atoms with E-state index in [-0.39, 0.29) is 11.8 Å². The van der Waals surface area contributed by atoms with Gasteiger partial charge in [-0.05, 0) is 18.6 Å². The average molecular weight is 336 g/mol. The Hall–Kier alpha value is -3.47. The third-order valence-corrected chi connectivity index (χ3v) is 4.22. The first kappa shape index (κ1) is 16.4. The van der Waals surface area contributed by atoms with Crippen LogP contribution in [-0.2, 0) is 9.53 Å². The highest BCUT2D eigenvalue weighted by molar-refractivity contribution is 6.05. The van der Waals surface area contributed by atoms with E-state index in [4.69, 9.17) is 16.2 Å². The van der Waals surface area contributed by atoms with Crippen LogP contribution in [0.25, 0.3) is 0 Å². The maximum Gasteiger partial charge on any atom is 0.315 e. The van der Waals surface area contributed by atoms with Gasteiger partial charge in [-0.25, -0.2) is 4.99 Å². The number of nitrogens with zero attached hydrogens (tertiary/aromatic N) is 4. The molecule has 1 aliphatic rings. The van der Waals surface area contributed by atoms with Crippen LogP contribution in [0.2, 0.25) is 0 Å². The summed E-state index contributed by atoms with van der Waals surface area (Å²) >= 11 is 0. The molecule has 1 aliphatic heterocycles. The zero-order valence-corrected chi connectivity index (χ0v) is 13.7. The molecule has 0 aliphatic carbocycles. The molecule has 0 fully saturated rings. The van der Waals surface area contributed by atoms with Gasteiger partial charge in [0.2, 0.25) is 5.95 Å². The Morgan fingerprint density at radius 2 is 2.00 bits per heavy atom. The fourth-order valence-electron chi connectivity index (χ4n) is 3.16. The van der Waals surface area contributed by atoms with Crippen LogP contribution in [0, 0.1) is 17.2 Å². The summed E-state index contributed by atoms with van der Waals surface area (Å²) in [5.74, 6) is -1.36. The van der Waals surface area contributed by atoms with E-state index in [0.717, 1.165) is 0 Å². The fourth-order valence-corrected chi connectivity index (χ4v) is 3.16. The number of rotatable bonds is 2. The maximum absolute atomic E-state index is 12.5. The lowest BCUT2D eigenvalue weighted by Gasteiger charge is -2.31. The molecule has 3 rings (SSSR count). The molecule has 8 nitrogen and oxygen atoms in total. The Morgan fingerprint density at radius 1 is 1.28 bits per heavy atom. The predicted molar refractivity (Wildman–Crippen MR) is 92.1 cm³/mol. The molecule has 1 aromatic heterocycles. The number of nitriles is 1. The quantitative estimate of drug-likeness (QED) is 0.792. The number of hydrogen-bond donors (Lipinski definition) is 2. The highest BCUT2D eigenvalue weighted by Crippen LogP contribution is 2.45. The number of aromatic nitrogens is 2. The normalized spacial score (nSPS) is 18.7. The number of benzene rings is 1. The van der Waals surface area contributed by atoms with Crippen molar-refractivity contribution in [3.05, 3.63) is 41.0 Å². The predicted octanol–water partition coefficient (Wildman–Crippen LogP) is 1.54. The van der Waals surface area contributed by atoms with Crippen molar-refractivity contribution in [3.8, 4) is 6.07 Å². The molecule has 8 heteroatoms. The van der Waals surface area contributed by atoms with Crippen molar-refractivity contribution in [1.29, 1.82) is 5.26 Å². The van der Waals surface area contributed by atoms with E-state index >= 15 is 0 Å². The molecular weight excluding hydrogens is 320 g/mol. The van der Waals surface area contributed by atoms with E-state index in [0.29, 0.717) is 28.2 Å². The van der Waals surface area contributed by atoms with Gasteiger partial charge in [0.05, 0.1) is 18.7 Å². The Kier molecular flexibility index (Phi) is 4.07. The number of nitrogens with two attached hydrogens (primary N) is 2. The van der Waals surface area contributed by atoms with Gasteiger partial charge >= 0.3 is 5.97 Å². The summed E-state index contributed by atoms with van der Waals surface area (Å²) in [7, 11) is 1.31. The molecule has 0 saturated heterocycles. The minimum atomic E-state index is -0.735. The second-order valence-corrected chi connectivity index (χ2v) is 5.64. The van der Waals surface area contributed by atoms with E-state index in [1.807, 2.05) is 0 Å². The highest BCUT2D eigenvalue weighted by Gasteiger charge is 2.41. The Bertz CT molecular complexity index is 931. The first-order chi connectivity index (χ1) is 12.0. The molecule has 0 saturated carbocycles. The molecule has 25 heavy (non-hydrogen) atoms. The average Bonchev–Trinajstić information content (AvgIpc) is 2.59. The van der Waals surface area contributed by atoms with Gasteiger partial charge < -0.3 is 16.2 Å². The van der Waals surface area contributed by atoms with Gasteiger partial charge in [0.15, 0.2) is 5.82 Å². The largest absolute Gasteiger partial charge is 0.468 e. The van der Waals surface area contributed by atoms with E-state index in [2.05, 4.69) is 21.0 Å². The summed E-state index contributed by atoms with van der Waals surface area (Å²) in [6.07, 6.45) is 0. The lowest BCUT2D eigenvalue weighted by molar-refractivity contribution is -0.143. The lowest BCUT2D eigenvalue weighted by atomic mass is 9.75. The summed E-state index contributed by atoms with van der Waals surface area (Å²) in [4.78, 5) is 25.0. The molecule has 4 N–H and O–H groups in total. The monoisotopic (exact) mass is 336 g/mol. The van der Waals surface area contributed by atoms with Crippen LogP contribution in [-0.4, -0.2) is 28.8 Å². The minimum absolute atomic E-state index is 0.00311. The summed E-state index contributed by atoms with van der Waals surface area (Å²) in [6, 6.07) is 9.15. The van der Waals surface area contributed by atoms with Crippen molar-refractivity contribution in [3.63, 3.8) is 0 Å². The van der Waals surface area contributed by atoms with E-state index < -0.39 is 17.8 Å². The van der Waals surface area contributed by atoms with Crippen molar-refractivity contribution in [2.75, 3.05) is 18.6 Å². The molecule has 2 aromatic rings. The zero-order chi connectivity index (χ0) is 18.1. The van der Waals surface area contributed by atoms with Gasteiger partial charge in [0, 0.05) is 17.2 Å². The Morgan fingerprint density at radius 3 is 2.68 bits per heavy atom. The molecule has 1 aromatic carbocycles. The van der Waals surface area contributed by atoms with Gasteiger partial charge in [0.1, 0.15) is 11.7 Å². The van der Waals surface area contributed by atoms with Crippen molar-refractivity contribution >= 4 is 29.3 Å².